The van der Waals surface area contributed by atoms with Gasteiger partial charge in [-0.15, -0.1) is 0 Å². The molecule has 0 spiro atoms. The topological polar surface area (TPSA) is 114 Å². The van der Waals surface area contributed by atoms with Gasteiger partial charge < -0.3 is 9.55 Å². The molecule has 9 nitrogen and oxygen atoms in total. The molecule has 0 atom stereocenters. The summed E-state index contributed by atoms with van der Waals surface area (Å²) >= 11 is 0. The molecule has 0 saturated carbocycles. The Kier molecular flexibility index (Phi) is 3.69. The van der Waals surface area contributed by atoms with Gasteiger partial charge in [0.25, 0.3) is 0 Å². The van der Waals surface area contributed by atoms with Gasteiger partial charge in [0.2, 0.25) is 0 Å². The summed E-state index contributed by atoms with van der Waals surface area (Å²) in [6, 6.07) is 9.71. The lowest BCUT2D eigenvalue weighted by molar-refractivity contribution is 0.862. The van der Waals surface area contributed by atoms with Crippen LogP contribution in [0.2, 0.25) is 0 Å². The summed E-state index contributed by atoms with van der Waals surface area (Å²) in [5.74, 6) is 1.55. The van der Waals surface area contributed by atoms with E-state index in [1.54, 1.807) is 18.6 Å². The maximum atomic E-state index is 4.86. The van der Waals surface area contributed by atoms with Crippen LogP contribution in [-0.4, -0.2) is 44.7 Å². The van der Waals surface area contributed by atoms with E-state index in [1.807, 2.05) is 55.1 Å². The van der Waals surface area contributed by atoms with Gasteiger partial charge in [-0.05, 0) is 31.2 Å². The highest BCUT2D eigenvalue weighted by atomic mass is 15.2. The molecule has 0 aliphatic heterocycles. The van der Waals surface area contributed by atoms with Crippen LogP contribution in [0.1, 0.15) is 5.82 Å². The van der Waals surface area contributed by atoms with E-state index in [4.69, 9.17) is 9.97 Å². The molecule has 0 fully saturated rings. The number of hydrogen-bond acceptors (Lipinski definition) is 6. The Labute approximate surface area is 176 Å². The van der Waals surface area contributed by atoms with E-state index >= 15 is 0 Å². The van der Waals surface area contributed by atoms with E-state index in [2.05, 4.69) is 30.1 Å². The van der Waals surface area contributed by atoms with E-state index in [0.29, 0.717) is 11.5 Å². The van der Waals surface area contributed by atoms with Crippen LogP contribution in [-0.2, 0) is 7.05 Å². The standard InChI is InChI=1S/C22H17N9/c1-12-25-11-18(31(12)2)15-6-7-16-20(26-15)21(30-29-16)22-27-17-10-23-9-13(19(17)28-22)14-5-3-4-8-24-14/h3-11H,1-2H3,(H,27,28)(H,29,30). The Hall–Kier alpha value is -4.40. The van der Waals surface area contributed by atoms with Crippen molar-refractivity contribution in [3.05, 3.63) is 60.9 Å². The van der Waals surface area contributed by atoms with Gasteiger partial charge in [-0.1, -0.05) is 6.07 Å². The minimum absolute atomic E-state index is 0.622. The lowest BCUT2D eigenvalue weighted by Gasteiger charge is -2.03. The zero-order valence-electron chi connectivity index (χ0n) is 16.8. The van der Waals surface area contributed by atoms with Crippen molar-refractivity contribution >= 4 is 22.1 Å². The Morgan fingerprint density at radius 2 is 1.81 bits per heavy atom. The number of fused-ring (bicyclic) bond motifs is 2. The number of rotatable bonds is 3. The number of nitrogens with zero attached hydrogens (tertiary/aromatic N) is 7. The van der Waals surface area contributed by atoms with Gasteiger partial charge in [0, 0.05) is 25.0 Å². The highest BCUT2D eigenvalue weighted by Crippen LogP contribution is 2.30. The smallest absolute Gasteiger partial charge is 0.161 e. The summed E-state index contributed by atoms with van der Waals surface area (Å²) in [5, 5.41) is 7.54. The fourth-order valence-electron chi connectivity index (χ4n) is 3.70. The molecule has 0 radical (unpaired) electrons. The van der Waals surface area contributed by atoms with Crippen molar-refractivity contribution in [1.29, 1.82) is 0 Å². The average Bonchev–Trinajstić information content (AvgIpc) is 3.50. The quantitative estimate of drug-likeness (QED) is 0.463. The predicted octanol–water partition coefficient (Wildman–Crippen LogP) is 3.67. The van der Waals surface area contributed by atoms with E-state index in [-0.39, 0.29) is 0 Å². The number of aryl methyl sites for hydroxylation is 1. The van der Waals surface area contributed by atoms with Crippen LogP contribution < -0.4 is 0 Å². The van der Waals surface area contributed by atoms with Crippen molar-refractivity contribution in [3.8, 4) is 34.2 Å². The summed E-state index contributed by atoms with van der Waals surface area (Å²) in [5.41, 5.74) is 7.27. The fourth-order valence-corrected chi connectivity index (χ4v) is 3.70. The highest BCUT2D eigenvalue weighted by molar-refractivity contribution is 5.95. The number of pyridine rings is 3. The van der Waals surface area contributed by atoms with Crippen molar-refractivity contribution in [1.82, 2.24) is 44.7 Å². The maximum Gasteiger partial charge on any atom is 0.161 e. The molecular weight excluding hydrogens is 390 g/mol. The van der Waals surface area contributed by atoms with Crippen molar-refractivity contribution in [3.63, 3.8) is 0 Å². The molecule has 31 heavy (non-hydrogen) atoms. The number of nitrogens with one attached hydrogen (secondary N) is 2. The first-order chi connectivity index (χ1) is 15.2. The molecule has 6 rings (SSSR count). The molecule has 0 unspecified atom stereocenters. The minimum Gasteiger partial charge on any atom is -0.335 e. The zero-order valence-corrected chi connectivity index (χ0v) is 16.8. The first kappa shape index (κ1) is 17.5. The van der Waals surface area contributed by atoms with E-state index in [0.717, 1.165) is 50.5 Å². The SMILES string of the molecule is Cc1ncc(-c2ccc3[nH]nc(-c4nc5c(-c6ccccn6)cncc5[nH]4)c3n2)n1C. The van der Waals surface area contributed by atoms with E-state index in [1.165, 1.54) is 0 Å². The molecule has 0 bridgehead atoms. The summed E-state index contributed by atoms with van der Waals surface area (Å²) in [6.07, 6.45) is 7.12. The Bertz CT molecular complexity index is 1560. The summed E-state index contributed by atoms with van der Waals surface area (Å²) in [4.78, 5) is 26.2. The average molecular weight is 407 g/mol. The predicted molar refractivity (Wildman–Crippen MR) is 117 cm³/mol. The highest BCUT2D eigenvalue weighted by Gasteiger charge is 2.18. The monoisotopic (exact) mass is 407 g/mol. The van der Waals surface area contributed by atoms with E-state index < -0.39 is 0 Å². The van der Waals surface area contributed by atoms with Gasteiger partial charge in [0.1, 0.15) is 16.9 Å². The molecule has 0 aliphatic rings. The third kappa shape index (κ3) is 2.71. The summed E-state index contributed by atoms with van der Waals surface area (Å²) in [6.45, 7) is 1.97. The molecule has 6 aromatic rings. The van der Waals surface area contributed by atoms with Gasteiger partial charge in [-0.3, -0.25) is 15.1 Å². The molecule has 0 saturated heterocycles. The lowest BCUT2D eigenvalue weighted by Crippen LogP contribution is -1.96. The second-order valence-electron chi connectivity index (χ2n) is 7.30. The third-order valence-corrected chi connectivity index (χ3v) is 5.45. The van der Waals surface area contributed by atoms with Crippen LogP contribution in [0, 0.1) is 6.92 Å². The minimum atomic E-state index is 0.622. The fraction of sp³-hybridized carbons (Fsp3) is 0.0909. The van der Waals surface area contributed by atoms with Crippen LogP contribution in [0.4, 0.5) is 0 Å². The van der Waals surface area contributed by atoms with E-state index in [9.17, 15) is 0 Å². The maximum absolute atomic E-state index is 4.86. The largest absolute Gasteiger partial charge is 0.335 e. The third-order valence-electron chi connectivity index (χ3n) is 5.45. The van der Waals surface area contributed by atoms with Crippen LogP contribution in [0.15, 0.2) is 55.1 Å². The van der Waals surface area contributed by atoms with Crippen molar-refractivity contribution in [2.75, 3.05) is 0 Å². The molecule has 9 heteroatoms. The summed E-state index contributed by atoms with van der Waals surface area (Å²) in [7, 11) is 1.98. The summed E-state index contributed by atoms with van der Waals surface area (Å²) < 4.78 is 2.01. The molecule has 150 valence electrons. The second kappa shape index (κ2) is 6.56. The number of aromatic amines is 2. The van der Waals surface area contributed by atoms with Crippen LogP contribution in [0.5, 0.6) is 0 Å². The Morgan fingerprint density at radius 3 is 2.61 bits per heavy atom. The molecule has 6 aromatic heterocycles. The number of hydrogen-bond donors (Lipinski definition) is 2. The number of imidazole rings is 2. The van der Waals surface area contributed by atoms with Gasteiger partial charge >= 0.3 is 0 Å². The molecule has 0 amide bonds. The van der Waals surface area contributed by atoms with Crippen molar-refractivity contribution < 1.29 is 0 Å². The van der Waals surface area contributed by atoms with Gasteiger partial charge in [-0.25, -0.2) is 15.0 Å². The normalized spacial score (nSPS) is 11.5. The molecule has 0 aromatic carbocycles. The van der Waals surface area contributed by atoms with Crippen LogP contribution >= 0.6 is 0 Å². The first-order valence-corrected chi connectivity index (χ1v) is 9.78. The van der Waals surface area contributed by atoms with Gasteiger partial charge in [-0.2, -0.15) is 5.10 Å². The van der Waals surface area contributed by atoms with Crippen LogP contribution in [0.3, 0.4) is 0 Å². The van der Waals surface area contributed by atoms with Crippen molar-refractivity contribution in [2.45, 2.75) is 6.92 Å². The van der Waals surface area contributed by atoms with Crippen LogP contribution in [0.25, 0.3) is 56.2 Å². The number of H-pyrrole nitrogens is 2. The first-order valence-electron chi connectivity index (χ1n) is 9.78. The Morgan fingerprint density at radius 1 is 0.871 bits per heavy atom. The molecule has 0 aliphatic carbocycles. The van der Waals surface area contributed by atoms with Crippen molar-refractivity contribution in [2.24, 2.45) is 7.05 Å². The number of aromatic nitrogens is 9. The zero-order chi connectivity index (χ0) is 20.9. The lowest BCUT2D eigenvalue weighted by atomic mass is 10.1. The second-order valence-corrected chi connectivity index (χ2v) is 7.30. The molecular formula is C22H17N9. The molecule has 2 N–H and O–H groups in total. The van der Waals surface area contributed by atoms with Gasteiger partial charge in [0.05, 0.1) is 40.5 Å². The molecule has 6 heterocycles. The Balaban J connectivity index is 1.52. The van der Waals surface area contributed by atoms with Gasteiger partial charge in [0.15, 0.2) is 11.5 Å².